The first-order chi connectivity index (χ1) is 20.5. The first kappa shape index (κ1) is 29.7. The van der Waals surface area contributed by atoms with Gasteiger partial charge < -0.3 is 13.9 Å². The largest absolute Gasteiger partial charge is 0.491 e. The van der Waals surface area contributed by atoms with E-state index >= 15 is 0 Å². The van der Waals surface area contributed by atoms with Crippen LogP contribution in [-0.4, -0.2) is 28.2 Å². The molecule has 43 heavy (non-hydrogen) atoms. The molecule has 222 valence electrons. The zero-order chi connectivity index (χ0) is 31.0. The van der Waals surface area contributed by atoms with Crippen molar-refractivity contribution in [2.75, 3.05) is 6.61 Å². The standard InChI is InChI=1S/C32H31N3O7S/c1-7-40-31(37)28-20(6)33-32-34(29(28)22-10-8-9-11-25(22)41-17(2)3)30(36)27(43-32)16-21-12-13-26(42-21)23-14-18(4)19(5)15-24(23)35(38)39/h8-17,29H,7H2,1-6H3. The number of ether oxygens (including phenoxy) is 2. The molecule has 1 aliphatic heterocycles. The van der Waals surface area contributed by atoms with Crippen LogP contribution >= 0.6 is 11.3 Å². The van der Waals surface area contributed by atoms with E-state index in [2.05, 4.69) is 4.99 Å². The maximum absolute atomic E-state index is 14.0. The second-order valence-electron chi connectivity index (χ2n) is 10.4. The SMILES string of the molecule is CCOC(=O)C1=C(C)N=c2sc(=Cc3ccc(-c4cc(C)c(C)cc4[N+](=O)[O-])o3)c(=O)n2C1c1ccccc1OC(C)C. The van der Waals surface area contributed by atoms with Crippen molar-refractivity contribution in [3.63, 3.8) is 0 Å². The summed E-state index contributed by atoms with van der Waals surface area (Å²) in [5, 5.41) is 11.7. The Labute approximate surface area is 251 Å². The molecule has 1 atom stereocenters. The topological polar surface area (TPSA) is 126 Å². The molecule has 10 nitrogen and oxygen atoms in total. The molecule has 4 aromatic rings. The molecule has 0 bridgehead atoms. The number of hydrogen-bond acceptors (Lipinski definition) is 9. The highest BCUT2D eigenvalue weighted by atomic mass is 32.1. The van der Waals surface area contributed by atoms with Gasteiger partial charge in [-0.2, -0.15) is 0 Å². The van der Waals surface area contributed by atoms with Crippen LogP contribution < -0.4 is 19.6 Å². The quantitative estimate of drug-likeness (QED) is 0.151. The Morgan fingerprint density at radius 1 is 1.16 bits per heavy atom. The predicted octanol–water partition coefficient (Wildman–Crippen LogP) is 5.37. The van der Waals surface area contributed by atoms with E-state index in [1.165, 1.54) is 10.6 Å². The molecule has 0 spiro atoms. The average Bonchev–Trinajstić information content (AvgIpc) is 3.53. The second kappa shape index (κ2) is 11.8. The third kappa shape index (κ3) is 5.68. The molecule has 5 rings (SSSR count). The lowest BCUT2D eigenvalue weighted by molar-refractivity contribution is -0.384. The Hall–Kier alpha value is -4.77. The molecule has 2 aromatic carbocycles. The van der Waals surface area contributed by atoms with Crippen molar-refractivity contribution in [2.45, 2.75) is 53.7 Å². The van der Waals surface area contributed by atoms with E-state index in [1.54, 1.807) is 44.2 Å². The van der Waals surface area contributed by atoms with Crippen molar-refractivity contribution in [1.82, 2.24) is 4.57 Å². The summed E-state index contributed by atoms with van der Waals surface area (Å²) in [5.41, 5.74) is 2.93. The highest BCUT2D eigenvalue weighted by Crippen LogP contribution is 2.37. The number of allylic oxidation sites excluding steroid dienone is 1. The molecule has 1 aliphatic rings. The minimum atomic E-state index is -0.835. The number of fused-ring (bicyclic) bond motifs is 1. The van der Waals surface area contributed by atoms with Gasteiger partial charge in [-0.15, -0.1) is 0 Å². The van der Waals surface area contributed by atoms with E-state index in [9.17, 15) is 19.7 Å². The van der Waals surface area contributed by atoms with E-state index in [-0.39, 0.29) is 29.5 Å². The minimum absolute atomic E-state index is 0.0624. The first-order valence-corrected chi connectivity index (χ1v) is 14.6. The van der Waals surface area contributed by atoms with Crippen LogP contribution in [0.15, 0.2) is 74.0 Å². The molecule has 0 saturated carbocycles. The molecule has 0 saturated heterocycles. The number of aryl methyl sites for hydroxylation is 2. The van der Waals surface area contributed by atoms with Gasteiger partial charge in [-0.25, -0.2) is 9.79 Å². The molecule has 0 aliphatic carbocycles. The van der Waals surface area contributed by atoms with Crippen LogP contribution in [0.1, 0.15) is 56.2 Å². The average molecular weight is 602 g/mol. The van der Waals surface area contributed by atoms with Crippen LogP contribution in [0.3, 0.4) is 0 Å². The third-order valence-electron chi connectivity index (χ3n) is 7.07. The monoisotopic (exact) mass is 601 g/mol. The summed E-state index contributed by atoms with van der Waals surface area (Å²) >= 11 is 1.16. The van der Waals surface area contributed by atoms with Crippen LogP contribution in [0, 0.1) is 24.0 Å². The van der Waals surface area contributed by atoms with Gasteiger partial charge in [0.2, 0.25) is 0 Å². The number of nitrogens with zero attached hydrogens (tertiary/aromatic N) is 3. The zero-order valence-electron chi connectivity index (χ0n) is 24.7. The van der Waals surface area contributed by atoms with Gasteiger partial charge in [-0.3, -0.25) is 19.5 Å². The van der Waals surface area contributed by atoms with Crippen LogP contribution in [0.25, 0.3) is 17.4 Å². The fourth-order valence-electron chi connectivity index (χ4n) is 5.01. The Morgan fingerprint density at radius 2 is 1.88 bits per heavy atom. The highest BCUT2D eigenvalue weighted by Gasteiger charge is 2.35. The van der Waals surface area contributed by atoms with Gasteiger partial charge in [0.05, 0.1) is 39.0 Å². The van der Waals surface area contributed by atoms with Gasteiger partial charge in [-0.1, -0.05) is 29.5 Å². The number of aromatic nitrogens is 1. The van der Waals surface area contributed by atoms with E-state index < -0.39 is 16.9 Å². The molecular weight excluding hydrogens is 570 g/mol. The first-order valence-electron chi connectivity index (χ1n) is 13.8. The summed E-state index contributed by atoms with van der Waals surface area (Å²) in [7, 11) is 0. The molecule has 0 N–H and O–H groups in total. The lowest BCUT2D eigenvalue weighted by Crippen LogP contribution is -2.40. The van der Waals surface area contributed by atoms with Crippen LogP contribution in [-0.2, 0) is 9.53 Å². The lowest BCUT2D eigenvalue weighted by atomic mass is 9.95. The lowest BCUT2D eigenvalue weighted by Gasteiger charge is -2.26. The van der Waals surface area contributed by atoms with Gasteiger partial charge in [0.15, 0.2) is 4.80 Å². The van der Waals surface area contributed by atoms with Gasteiger partial charge in [0.25, 0.3) is 11.2 Å². The number of nitro groups is 1. The number of carbonyl (C=O) groups excluding carboxylic acids is 1. The summed E-state index contributed by atoms with van der Waals surface area (Å²) in [5.74, 6) is 0.633. The fraction of sp³-hybridized carbons (Fsp3) is 0.281. The van der Waals surface area contributed by atoms with Crippen molar-refractivity contribution in [3.8, 4) is 17.1 Å². The predicted molar refractivity (Wildman–Crippen MR) is 163 cm³/mol. The zero-order valence-corrected chi connectivity index (χ0v) is 25.5. The van der Waals surface area contributed by atoms with E-state index in [4.69, 9.17) is 13.9 Å². The number of carbonyl (C=O) groups is 1. The molecule has 0 amide bonds. The van der Waals surface area contributed by atoms with E-state index in [0.717, 1.165) is 22.5 Å². The molecule has 2 aromatic heterocycles. The van der Waals surface area contributed by atoms with Gasteiger partial charge in [0.1, 0.15) is 23.3 Å². The number of esters is 1. The smallest absolute Gasteiger partial charge is 0.338 e. The van der Waals surface area contributed by atoms with E-state index in [1.807, 2.05) is 45.9 Å². The number of thiazole rings is 1. The number of benzene rings is 2. The summed E-state index contributed by atoms with van der Waals surface area (Å²) in [6.45, 7) is 11.1. The Bertz CT molecular complexity index is 1960. The maximum Gasteiger partial charge on any atom is 0.338 e. The number of furan rings is 1. The van der Waals surface area contributed by atoms with E-state index in [0.29, 0.717) is 43.4 Å². The number of nitro benzene ring substituents is 1. The molecule has 3 heterocycles. The number of hydrogen-bond donors (Lipinski definition) is 0. The molecule has 11 heteroatoms. The Balaban J connectivity index is 1.67. The Morgan fingerprint density at radius 3 is 2.58 bits per heavy atom. The summed E-state index contributed by atoms with van der Waals surface area (Å²) in [6, 6.07) is 13.0. The summed E-state index contributed by atoms with van der Waals surface area (Å²) in [6.07, 6.45) is 1.44. The third-order valence-corrected chi connectivity index (χ3v) is 8.05. The van der Waals surface area contributed by atoms with Crippen molar-refractivity contribution in [3.05, 3.63) is 112 Å². The normalized spacial score (nSPS) is 15.0. The summed E-state index contributed by atoms with van der Waals surface area (Å²) < 4.78 is 19.3. The number of rotatable bonds is 8. The fourth-order valence-corrected chi connectivity index (χ4v) is 6.03. The minimum Gasteiger partial charge on any atom is -0.491 e. The second-order valence-corrected chi connectivity index (χ2v) is 11.4. The maximum atomic E-state index is 14.0. The van der Waals surface area contributed by atoms with Crippen LogP contribution in [0.5, 0.6) is 5.75 Å². The molecule has 0 fully saturated rings. The van der Waals surface area contributed by atoms with Gasteiger partial charge >= 0.3 is 5.97 Å². The Kier molecular flexibility index (Phi) is 8.19. The van der Waals surface area contributed by atoms with Crippen molar-refractivity contribution in [1.29, 1.82) is 0 Å². The molecule has 1 unspecified atom stereocenters. The number of para-hydroxylation sites is 1. The van der Waals surface area contributed by atoms with Crippen molar-refractivity contribution in [2.24, 2.45) is 4.99 Å². The molecular formula is C32H31N3O7S. The molecule has 0 radical (unpaired) electrons. The summed E-state index contributed by atoms with van der Waals surface area (Å²) in [4.78, 5) is 43.6. The van der Waals surface area contributed by atoms with Crippen molar-refractivity contribution < 1.29 is 23.6 Å². The van der Waals surface area contributed by atoms with Crippen LogP contribution in [0.2, 0.25) is 0 Å². The highest BCUT2D eigenvalue weighted by molar-refractivity contribution is 7.07. The van der Waals surface area contributed by atoms with Gasteiger partial charge in [-0.05, 0) is 76.9 Å². The van der Waals surface area contributed by atoms with Crippen molar-refractivity contribution >= 4 is 29.1 Å². The van der Waals surface area contributed by atoms with Gasteiger partial charge in [0, 0.05) is 17.7 Å². The van der Waals surface area contributed by atoms with Crippen LogP contribution in [0.4, 0.5) is 5.69 Å².